The van der Waals surface area contributed by atoms with E-state index in [-0.39, 0.29) is 12.5 Å². The Balaban J connectivity index is 1.95. The van der Waals surface area contributed by atoms with Crippen molar-refractivity contribution in [3.05, 3.63) is 24.2 Å². The summed E-state index contributed by atoms with van der Waals surface area (Å²) in [5.74, 6) is 0.602. The molecule has 1 aromatic rings. The summed E-state index contributed by atoms with van der Waals surface area (Å²) in [5.41, 5.74) is 0. The van der Waals surface area contributed by atoms with Gasteiger partial charge < -0.3 is 14.8 Å². The minimum atomic E-state index is -0.743. The Morgan fingerprint density at radius 2 is 2.53 bits per heavy atom. The predicted octanol–water partition coefficient (Wildman–Crippen LogP) is 1.59. The van der Waals surface area contributed by atoms with E-state index in [1.54, 1.807) is 6.26 Å². The number of rotatable bonds is 3. The summed E-state index contributed by atoms with van der Waals surface area (Å²) in [6, 6.07) is 3.92. The Labute approximate surface area is 88.3 Å². The highest BCUT2D eigenvalue weighted by Gasteiger charge is 2.25. The predicted molar refractivity (Wildman–Crippen MR) is 54.7 cm³/mol. The highest BCUT2D eigenvalue weighted by Crippen LogP contribution is 2.28. The zero-order chi connectivity index (χ0) is 10.7. The molecule has 1 saturated heterocycles. The van der Waals surface area contributed by atoms with E-state index in [9.17, 15) is 4.79 Å². The van der Waals surface area contributed by atoms with Gasteiger partial charge in [-0.15, -0.1) is 0 Å². The van der Waals surface area contributed by atoms with Crippen LogP contribution in [0.4, 0.5) is 0 Å². The van der Waals surface area contributed by atoms with Crippen LogP contribution in [0.1, 0.15) is 30.9 Å². The fourth-order valence-electron chi connectivity index (χ4n) is 2.15. The number of aliphatic carboxylic acids is 1. The van der Waals surface area contributed by atoms with Crippen molar-refractivity contribution < 1.29 is 14.3 Å². The summed E-state index contributed by atoms with van der Waals surface area (Å²) in [4.78, 5) is 10.6. The highest BCUT2D eigenvalue weighted by molar-refractivity contribution is 5.67. The highest BCUT2D eigenvalue weighted by atomic mass is 16.4. The third-order valence-electron chi connectivity index (χ3n) is 2.86. The van der Waals surface area contributed by atoms with E-state index in [4.69, 9.17) is 9.52 Å². The van der Waals surface area contributed by atoms with Gasteiger partial charge in [-0.1, -0.05) is 0 Å². The third-order valence-corrected chi connectivity index (χ3v) is 2.86. The van der Waals surface area contributed by atoms with E-state index in [0.29, 0.717) is 5.92 Å². The molecule has 2 rings (SSSR count). The normalized spacial score (nSPS) is 26.4. The maximum absolute atomic E-state index is 10.6. The van der Waals surface area contributed by atoms with Crippen molar-refractivity contribution in [2.75, 3.05) is 6.54 Å². The topological polar surface area (TPSA) is 62.5 Å². The summed E-state index contributed by atoms with van der Waals surface area (Å²) < 4.78 is 5.35. The van der Waals surface area contributed by atoms with E-state index in [1.165, 1.54) is 0 Å². The Hall–Kier alpha value is -1.29. The lowest BCUT2D eigenvalue weighted by molar-refractivity contribution is -0.137. The summed E-state index contributed by atoms with van der Waals surface area (Å²) in [5, 5.41) is 11.9. The van der Waals surface area contributed by atoms with Crippen LogP contribution in [0.15, 0.2) is 22.8 Å². The molecule has 0 saturated carbocycles. The fraction of sp³-hybridized carbons (Fsp3) is 0.545. The van der Waals surface area contributed by atoms with Crippen LogP contribution in [0.5, 0.6) is 0 Å². The lowest BCUT2D eigenvalue weighted by Crippen LogP contribution is -2.38. The van der Waals surface area contributed by atoms with Crippen LogP contribution >= 0.6 is 0 Å². The lowest BCUT2D eigenvalue weighted by Gasteiger charge is -2.28. The molecule has 0 aliphatic carbocycles. The molecule has 1 aromatic heterocycles. The summed E-state index contributed by atoms with van der Waals surface area (Å²) in [6.07, 6.45) is 3.73. The van der Waals surface area contributed by atoms with Crippen LogP contribution in [0, 0.1) is 0 Å². The Morgan fingerprint density at radius 3 is 3.20 bits per heavy atom. The van der Waals surface area contributed by atoms with Crippen molar-refractivity contribution in [1.29, 1.82) is 0 Å². The van der Waals surface area contributed by atoms with Crippen molar-refractivity contribution in [3.63, 3.8) is 0 Å². The van der Waals surface area contributed by atoms with Crippen molar-refractivity contribution in [1.82, 2.24) is 5.32 Å². The molecule has 4 nitrogen and oxygen atoms in total. The molecule has 0 radical (unpaired) electrons. The molecule has 1 fully saturated rings. The first-order valence-electron chi connectivity index (χ1n) is 5.24. The van der Waals surface area contributed by atoms with Crippen molar-refractivity contribution in [2.24, 2.45) is 0 Å². The molecule has 2 atom stereocenters. The van der Waals surface area contributed by atoms with Gasteiger partial charge in [-0.05, 0) is 31.5 Å². The quantitative estimate of drug-likeness (QED) is 0.793. The van der Waals surface area contributed by atoms with E-state index in [1.807, 2.05) is 12.1 Å². The molecular formula is C11H15NO3. The smallest absolute Gasteiger partial charge is 0.304 e. The van der Waals surface area contributed by atoms with Crippen LogP contribution < -0.4 is 5.32 Å². The molecule has 0 aromatic carbocycles. The second-order valence-electron chi connectivity index (χ2n) is 3.99. The zero-order valence-corrected chi connectivity index (χ0v) is 8.48. The minimum absolute atomic E-state index is 0.0753. The van der Waals surface area contributed by atoms with Crippen LogP contribution in [0.25, 0.3) is 0 Å². The largest absolute Gasteiger partial charge is 0.481 e. The molecule has 0 bridgehead atoms. The number of hydrogen-bond donors (Lipinski definition) is 2. The average Bonchev–Trinajstić information content (AvgIpc) is 2.69. The number of nitrogens with one attached hydrogen (secondary N) is 1. The fourth-order valence-corrected chi connectivity index (χ4v) is 2.15. The lowest BCUT2D eigenvalue weighted by atomic mass is 9.89. The molecule has 1 aliphatic rings. The van der Waals surface area contributed by atoms with Crippen LogP contribution in [0.2, 0.25) is 0 Å². The number of carbonyl (C=O) groups is 1. The van der Waals surface area contributed by atoms with Crippen LogP contribution in [0.3, 0.4) is 0 Å². The number of piperidine rings is 1. The summed E-state index contributed by atoms with van der Waals surface area (Å²) in [7, 11) is 0. The van der Waals surface area contributed by atoms with Crippen LogP contribution in [-0.2, 0) is 4.79 Å². The van der Waals surface area contributed by atoms with Gasteiger partial charge in [0.05, 0.1) is 12.7 Å². The third kappa shape index (κ3) is 2.59. The van der Waals surface area contributed by atoms with Gasteiger partial charge in [0.25, 0.3) is 0 Å². The van der Waals surface area contributed by atoms with Crippen molar-refractivity contribution in [2.45, 2.75) is 31.2 Å². The Kier molecular flexibility index (Phi) is 3.06. The first-order chi connectivity index (χ1) is 7.25. The second-order valence-corrected chi connectivity index (χ2v) is 3.99. The molecular weight excluding hydrogens is 194 g/mol. The van der Waals surface area contributed by atoms with Crippen LogP contribution in [-0.4, -0.2) is 23.7 Å². The molecule has 4 heteroatoms. The molecule has 0 amide bonds. The van der Waals surface area contributed by atoms with E-state index < -0.39 is 5.97 Å². The molecule has 0 spiro atoms. The molecule has 1 aliphatic heterocycles. The van der Waals surface area contributed by atoms with Gasteiger partial charge in [-0.2, -0.15) is 0 Å². The number of carboxylic acid groups (broad SMARTS) is 1. The van der Waals surface area contributed by atoms with Gasteiger partial charge in [0.15, 0.2) is 0 Å². The standard InChI is InChI=1S/C11H15NO3/c13-11(14)7-9-6-8(3-4-12-9)10-2-1-5-15-10/h1-2,5,8-9,12H,3-4,6-7H2,(H,13,14). The molecule has 15 heavy (non-hydrogen) atoms. The summed E-state index contributed by atoms with van der Waals surface area (Å²) >= 11 is 0. The molecule has 2 N–H and O–H groups in total. The zero-order valence-electron chi connectivity index (χ0n) is 8.48. The van der Waals surface area contributed by atoms with Gasteiger partial charge in [-0.25, -0.2) is 0 Å². The minimum Gasteiger partial charge on any atom is -0.481 e. The number of carboxylic acids is 1. The number of furan rings is 1. The monoisotopic (exact) mass is 209 g/mol. The van der Waals surface area contributed by atoms with Crippen molar-refractivity contribution in [3.8, 4) is 0 Å². The van der Waals surface area contributed by atoms with Gasteiger partial charge in [0.1, 0.15) is 5.76 Å². The summed E-state index contributed by atoms with van der Waals surface area (Å²) in [6.45, 7) is 0.864. The first-order valence-corrected chi connectivity index (χ1v) is 5.24. The number of hydrogen-bond acceptors (Lipinski definition) is 3. The van der Waals surface area contributed by atoms with E-state index in [2.05, 4.69) is 5.32 Å². The van der Waals surface area contributed by atoms with Gasteiger partial charge in [0.2, 0.25) is 0 Å². The maximum Gasteiger partial charge on any atom is 0.304 e. The van der Waals surface area contributed by atoms with Gasteiger partial charge in [0, 0.05) is 12.0 Å². The maximum atomic E-state index is 10.6. The second kappa shape index (κ2) is 4.49. The molecule has 82 valence electrons. The molecule has 2 unspecified atom stereocenters. The average molecular weight is 209 g/mol. The SMILES string of the molecule is O=C(O)CC1CC(c2ccco2)CCN1. The van der Waals surface area contributed by atoms with E-state index >= 15 is 0 Å². The van der Waals surface area contributed by atoms with Gasteiger partial charge >= 0.3 is 5.97 Å². The molecule has 2 heterocycles. The Morgan fingerprint density at radius 1 is 1.67 bits per heavy atom. The van der Waals surface area contributed by atoms with E-state index in [0.717, 1.165) is 25.1 Å². The van der Waals surface area contributed by atoms with Crippen molar-refractivity contribution >= 4 is 5.97 Å². The Bertz CT molecular complexity index is 321. The van der Waals surface area contributed by atoms with Gasteiger partial charge in [-0.3, -0.25) is 4.79 Å². The first kappa shape index (κ1) is 10.2.